The predicted octanol–water partition coefficient (Wildman–Crippen LogP) is 1.54. The second-order valence-electron chi connectivity index (χ2n) is 6.61. The van der Waals surface area contributed by atoms with Crippen LogP contribution < -0.4 is 5.32 Å². The van der Waals surface area contributed by atoms with Crippen molar-refractivity contribution in [3.8, 4) is 0 Å². The van der Waals surface area contributed by atoms with Crippen molar-refractivity contribution in [1.82, 2.24) is 14.2 Å². The fourth-order valence-electron chi connectivity index (χ4n) is 2.92. The van der Waals surface area contributed by atoms with Crippen molar-refractivity contribution < 1.29 is 17.9 Å². The lowest BCUT2D eigenvalue weighted by Gasteiger charge is -2.26. The van der Waals surface area contributed by atoms with Gasteiger partial charge >= 0.3 is 0 Å². The summed E-state index contributed by atoms with van der Waals surface area (Å²) in [6, 6.07) is 6.35. The lowest BCUT2D eigenvalue weighted by Crippen LogP contribution is -2.40. The van der Waals surface area contributed by atoms with E-state index in [1.54, 1.807) is 29.5 Å². The Morgan fingerprint density at radius 1 is 1.36 bits per heavy atom. The van der Waals surface area contributed by atoms with Crippen molar-refractivity contribution in [2.24, 2.45) is 0 Å². The van der Waals surface area contributed by atoms with Crippen LogP contribution in [0.1, 0.15) is 9.88 Å². The summed E-state index contributed by atoms with van der Waals surface area (Å²) in [5, 5.41) is 3.77. The molecule has 2 heterocycles. The molecule has 0 unspecified atom stereocenters. The predicted molar refractivity (Wildman–Crippen MR) is 108 cm³/mol. The zero-order chi connectivity index (χ0) is 20.1. The molecule has 1 fully saturated rings. The van der Waals surface area contributed by atoms with Crippen molar-refractivity contribution in [1.29, 1.82) is 0 Å². The molecular weight excluding hydrogens is 400 g/mol. The van der Waals surface area contributed by atoms with Gasteiger partial charge in [-0.25, -0.2) is 13.4 Å². The van der Waals surface area contributed by atoms with E-state index >= 15 is 0 Å². The van der Waals surface area contributed by atoms with Gasteiger partial charge in [0, 0.05) is 36.4 Å². The number of benzene rings is 1. The van der Waals surface area contributed by atoms with E-state index in [2.05, 4.69) is 10.3 Å². The third-order valence-electron chi connectivity index (χ3n) is 4.23. The minimum Gasteiger partial charge on any atom is -0.379 e. The standard InChI is InChI=1S/C18H24N4O4S2/c1-14-19-11-16(27-14)12-21(2)13-18(23)20-15-4-3-5-17(10-15)28(24,25)22-6-8-26-9-7-22/h3-5,10-11H,6-9,12-13H2,1-2H3,(H,20,23). The lowest BCUT2D eigenvalue weighted by atomic mass is 10.3. The first-order valence-electron chi connectivity index (χ1n) is 8.92. The highest BCUT2D eigenvalue weighted by Crippen LogP contribution is 2.20. The number of sulfonamides is 1. The Bertz CT molecular complexity index is 923. The van der Waals surface area contributed by atoms with E-state index in [0.717, 1.165) is 9.88 Å². The molecule has 0 saturated carbocycles. The fraction of sp³-hybridized carbons (Fsp3) is 0.444. The van der Waals surface area contributed by atoms with E-state index in [9.17, 15) is 13.2 Å². The summed E-state index contributed by atoms with van der Waals surface area (Å²) in [4.78, 5) is 19.7. The van der Waals surface area contributed by atoms with Crippen LogP contribution in [0.4, 0.5) is 5.69 Å². The molecule has 0 spiro atoms. The molecule has 1 aromatic heterocycles. The second kappa shape index (κ2) is 9.10. The number of thiazole rings is 1. The van der Waals surface area contributed by atoms with Gasteiger partial charge in [-0.3, -0.25) is 9.69 Å². The second-order valence-corrected chi connectivity index (χ2v) is 9.87. The Labute approximate surface area is 169 Å². The molecule has 3 rings (SSSR count). The number of hydrogen-bond donors (Lipinski definition) is 1. The summed E-state index contributed by atoms with van der Waals surface area (Å²) in [6.45, 7) is 4.21. The van der Waals surface area contributed by atoms with Gasteiger partial charge in [0.1, 0.15) is 0 Å². The maximum atomic E-state index is 12.8. The van der Waals surface area contributed by atoms with Crippen molar-refractivity contribution in [2.75, 3.05) is 45.2 Å². The largest absolute Gasteiger partial charge is 0.379 e. The Morgan fingerprint density at radius 3 is 2.79 bits per heavy atom. The first kappa shape index (κ1) is 20.9. The van der Waals surface area contributed by atoms with Crippen LogP contribution in [0.5, 0.6) is 0 Å². The summed E-state index contributed by atoms with van der Waals surface area (Å²) < 4.78 is 32.1. The molecule has 10 heteroatoms. The number of aromatic nitrogens is 1. The number of nitrogens with zero attached hydrogens (tertiary/aromatic N) is 3. The molecule has 1 saturated heterocycles. The summed E-state index contributed by atoms with van der Waals surface area (Å²) in [6.07, 6.45) is 1.81. The van der Waals surface area contributed by atoms with Crippen molar-refractivity contribution in [2.45, 2.75) is 18.4 Å². The number of carbonyl (C=O) groups excluding carboxylic acids is 1. The van der Waals surface area contributed by atoms with Crippen LogP contribution >= 0.6 is 11.3 Å². The minimum atomic E-state index is -3.60. The van der Waals surface area contributed by atoms with Gasteiger partial charge in [0.25, 0.3) is 0 Å². The quantitative estimate of drug-likeness (QED) is 0.725. The van der Waals surface area contributed by atoms with Crippen LogP contribution in [-0.4, -0.2) is 68.4 Å². The summed E-state index contributed by atoms with van der Waals surface area (Å²) >= 11 is 1.60. The topological polar surface area (TPSA) is 91.8 Å². The number of likely N-dealkylation sites (N-methyl/N-ethyl adjacent to an activating group) is 1. The average molecular weight is 425 g/mol. The smallest absolute Gasteiger partial charge is 0.243 e. The highest BCUT2D eigenvalue weighted by atomic mass is 32.2. The van der Waals surface area contributed by atoms with Gasteiger partial charge in [-0.05, 0) is 32.2 Å². The van der Waals surface area contributed by atoms with Crippen LogP contribution in [0.2, 0.25) is 0 Å². The zero-order valence-electron chi connectivity index (χ0n) is 15.9. The fourth-order valence-corrected chi connectivity index (χ4v) is 5.25. The molecule has 1 aliphatic rings. The van der Waals surface area contributed by atoms with Gasteiger partial charge in [0.15, 0.2) is 0 Å². The third kappa shape index (κ3) is 5.36. The molecule has 8 nitrogen and oxygen atoms in total. The van der Waals surface area contributed by atoms with Crippen LogP contribution in [-0.2, 0) is 26.1 Å². The first-order valence-corrected chi connectivity index (χ1v) is 11.2. The highest BCUT2D eigenvalue weighted by Gasteiger charge is 2.26. The molecule has 0 aliphatic carbocycles. The van der Waals surface area contributed by atoms with E-state index in [1.807, 2.05) is 25.1 Å². The number of ether oxygens (including phenoxy) is 1. The monoisotopic (exact) mass is 424 g/mol. The molecule has 0 atom stereocenters. The maximum Gasteiger partial charge on any atom is 0.243 e. The number of anilines is 1. The molecule has 152 valence electrons. The molecule has 1 aromatic carbocycles. The van der Waals surface area contributed by atoms with Crippen molar-refractivity contribution >= 4 is 33.0 Å². The lowest BCUT2D eigenvalue weighted by molar-refractivity contribution is -0.117. The highest BCUT2D eigenvalue weighted by molar-refractivity contribution is 7.89. The number of aryl methyl sites for hydroxylation is 1. The summed E-state index contributed by atoms with van der Waals surface area (Å²) in [5.41, 5.74) is 0.460. The zero-order valence-corrected chi connectivity index (χ0v) is 17.6. The number of amides is 1. The number of morpholine rings is 1. The van der Waals surface area contributed by atoms with E-state index in [4.69, 9.17) is 4.74 Å². The van der Waals surface area contributed by atoms with Crippen molar-refractivity contribution in [3.63, 3.8) is 0 Å². The van der Waals surface area contributed by atoms with E-state index in [1.165, 1.54) is 10.4 Å². The van der Waals surface area contributed by atoms with Crippen LogP contribution in [0.25, 0.3) is 0 Å². The van der Waals surface area contributed by atoms with Crippen LogP contribution in [0, 0.1) is 6.92 Å². The van der Waals surface area contributed by atoms with Gasteiger partial charge in [-0.2, -0.15) is 4.31 Å². The Balaban J connectivity index is 1.61. The van der Waals surface area contributed by atoms with Gasteiger partial charge in [0.2, 0.25) is 15.9 Å². The minimum absolute atomic E-state index is 0.167. The number of hydrogen-bond acceptors (Lipinski definition) is 7. The molecule has 0 radical (unpaired) electrons. The van der Waals surface area contributed by atoms with E-state index < -0.39 is 10.0 Å². The molecule has 0 bridgehead atoms. The summed E-state index contributed by atoms with van der Waals surface area (Å²) in [7, 11) is -1.74. The molecule has 28 heavy (non-hydrogen) atoms. The SMILES string of the molecule is Cc1ncc(CN(C)CC(=O)Nc2cccc(S(=O)(=O)N3CCOCC3)c2)s1. The van der Waals surface area contributed by atoms with Gasteiger partial charge in [0.05, 0.1) is 29.7 Å². The third-order valence-corrected chi connectivity index (χ3v) is 7.03. The van der Waals surface area contributed by atoms with Crippen LogP contribution in [0.3, 0.4) is 0 Å². The molecule has 1 amide bonds. The van der Waals surface area contributed by atoms with Crippen LogP contribution in [0.15, 0.2) is 35.4 Å². The molecule has 1 N–H and O–H groups in total. The Kier molecular flexibility index (Phi) is 6.78. The molecule has 1 aliphatic heterocycles. The number of nitrogens with one attached hydrogen (secondary N) is 1. The maximum absolute atomic E-state index is 12.8. The first-order chi connectivity index (χ1) is 13.3. The average Bonchev–Trinajstić information content (AvgIpc) is 3.07. The van der Waals surface area contributed by atoms with Gasteiger partial charge in [-0.1, -0.05) is 6.07 Å². The summed E-state index contributed by atoms with van der Waals surface area (Å²) in [5.74, 6) is -0.204. The normalized spacial score (nSPS) is 15.7. The number of rotatable bonds is 7. The molecule has 2 aromatic rings. The number of carbonyl (C=O) groups is 1. The van der Waals surface area contributed by atoms with E-state index in [0.29, 0.717) is 38.5 Å². The Hall–Kier alpha value is -1.85. The van der Waals surface area contributed by atoms with Gasteiger partial charge in [-0.15, -0.1) is 11.3 Å². The molecular formula is C18H24N4O4S2. The Morgan fingerprint density at radius 2 is 2.11 bits per heavy atom. The van der Waals surface area contributed by atoms with E-state index in [-0.39, 0.29) is 17.3 Å². The van der Waals surface area contributed by atoms with Gasteiger partial charge < -0.3 is 10.1 Å². The van der Waals surface area contributed by atoms with Crippen molar-refractivity contribution in [3.05, 3.63) is 40.3 Å².